The number of halogens is 3. The van der Waals surface area contributed by atoms with Gasteiger partial charge in [-0.25, -0.2) is 0 Å². The lowest BCUT2D eigenvalue weighted by Gasteiger charge is -2.16. The molecule has 20 heavy (non-hydrogen) atoms. The third-order valence-electron chi connectivity index (χ3n) is 2.94. The van der Waals surface area contributed by atoms with Crippen LogP contribution in [0.25, 0.3) is 0 Å². The molecule has 1 unspecified atom stereocenters. The first-order valence-corrected chi connectivity index (χ1v) is 7.90. The molecule has 0 amide bonds. The van der Waals surface area contributed by atoms with Crippen LogP contribution < -0.4 is 9.47 Å². The summed E-state index contributed by atoms with van der Waals surface area (Å²) in [5, 5.41) is -0.266. The zero-order valence-electron chi connectivity index (χ0n) is 11.0. The minimum atomic E-state index is -0.266. The van der Waals surface area contributed by atoms with Crippen LogP contribution in [0.1, 0.15) is 16.5 Å². The number of benzene rings is 2. The Bertz CT molecular complexity index is 600. The van der Waals surface area contributed by atoms with E-state index in [1.807, 2.05) is 36.4 Å². The SMILES string of the molecule is COc1cc(Br)c(C(Cl)c2ccc(Br)cc2)cc1OC. The highest BCUT2D eigenvalue weighted by Crippen LogP contribution is 2.40. The van der Waals surface area contributed by atoms with Gasteiger partial charge in [-0.3, -0.25) is 0 Å². The van der Waals surface area contributed by atoms with E-state index in [1.54, 1.807) is 14.2 Å². The van der Waals surface area contributed by atoms with Crippen molar-refractivity contribution in [3.8, 4) is 11.5 Å². The smallest absolute Gasteiger partial charge is 0.161 e. The van der Waals surface area contributed by atoms with E-state index in [0.29, 0.717) is 11.5 Å². The van der Waals surface area contributed by atoms with Gasteiger partial charge in [-0.1, -0.05) is 44.0 Å². The fraction of sp³-hybridized carbons (Fsp3) is 0.200. The van der Waals surface area contributed by atoms with Crippen molar-refractivity contribution < 1.29 is 9.47 Å². The molecular formula is C15H13Br2ClO2. The first kappa shape index (κ1) is 15.7. The molecule has 1 atom stereocenters. The molecule has 2 aromatic carbocycles. The Kier molecular flexibility index (Phi) is 5.35. The van der Waals surface area contributed by atoms with Crippen LogP contribution in [-0.2, 0) is 0 Å². The van der Waals surface area contributed by atoms with E-state index < -0.39 is 0 Å². The Morgan fingerprint density at radius 1 is 0.950 bits per heavy atom. The number of ether oxygens (including phenoxy) is 2. The minimum absolute atomic E-state index is 0.266. The van der Waals surface area contributed by atoms with Gasteiger partial charge in [0, 0.05) is 8.95 Å². The maximum atomic E-state index is 6.57. The van der Waals surface area contributed by atoms with E-state index in [1.165, 1.54) is 0 Å². The van der Waals surface area contributed by atoms with Gasteiger partial charge < -0.3 is 9.47 Å². The van der Waals surface area contributed by atoms with Crippen LogP contribution in [0, 0.1) is 0 Å². The van der Waals surface area contributed by atoms with Crippen LogP contribution >= 0.6 is 43.5 Å². The monoisotopic (exact) mass is 418 g/mol. The maximum Gasteiger partial charge on any atom is 0.161 e. The first-order chi connectivity index (χ1) is 9.56. The van der Waals surface area contributed by atoms with Crippen molar-refractivity contribution in [2.75, 3.05) is 14.2 Å². The maximum absolute atomic E-state index is 6.57. The lowest BCUT2D eigenvalue weighted by Crippen LogP contribution is -1.98. The van der Waals surface area contributed by atoms with Crippen LogP contribution in [-0.4, -0.2) is 14.2 Å². The van der Waals surface area contributed by atoms with Crippen LogP contribution in [0.2, 0.25) is 0 Å². The molecule has 0 N–H and O–H groups in total. The van der Waals surface area contributed by atoms with Gasteiger partial charge >= 0.3 is 0 Å². The Morgan fingerprint density at radius 2 is 1.50 bits per heavy atom. The second kappa shape index (κ2) is 6.83. The molecule has 106 valence electrons. The summed E-state index contributed by atoms with van der Waals surface area (Å²) in [6.07, 6.45) is 0. The molecule has 2 aromatic rings. The predicted molar refractivity (Wildman–Crippen MR) is 89.1 cm³/mol. The predicted octanol–water partition coefficient (Wildman–Crippen LogP) is 5.56. The third kappa shape index (κ3) is 3.30. The van der Waals surface area contributed by atoms with Gasteiger partial charge in [0.15, 0.2) is 11.5 Å². The van der Waals surface area contributed by atoms with Crippen LogP contribution in [0.3, 0.4) is 0 Å². The summed E-state index contributed by atoms with van der Waals surface area (Å²) in [5.74, 6) is 1.33. The Balaban J connectivity index is 2.43. The molecule has 5 heteroatoms. The van der Waals surface area contributed by atoms with Crippen LogP contribution in [0.15, 0.2) is 45.3 Å². The fourth-order valence-corrected chi connectivity index (χ4v) is 3.15. The average molecular weight is 421 g/mol. The largest absolute Gasteiger partial charge is 0.493 e. The lowest BCUT2D eigenvalue weighted by molar-refractivity contribution is 0.354. The van der Waals surface area contributed by atoms with Crippen molar-refractivity contribution in [2.45, 2.75) is 5.38 Å². The number of hydrogen-bond donors (Lipinski definition) is 0. The Morgan fingerprint density at radius 3 is 2.05 bits per heavy atom. The van der Waals surface area contributed by atoms with E-state index in [2.05, 4.69) is 31.9 Å². The van der Waals surface area contributed by atoms with Gasteiger partial charge in [0.1, 0.15) is 0 Å². The van der Waals surface area contributed by atoms with E-state index in [-0.39, 0.29) is 5.38 Å². The quantitative estimate of drug-likeness (QED) is 0.603. The summed E-state index contributed by atoms with van der Waals surface area (Å²) in [4.78, 5) is 0. The summed E-state index contributed by atoms with van der Waals surface area (Å²) in [5.41, 5.74) is 1.95. The molecule has 0 heterocycles. The van der Waals surface area contributed by atoms with Crippen LogP contribution in [0.5, 0.6) is 11.5 Å². The number of hydrogen-bond acceptors (Lipinski definition) is 2. The van der Waals surface area contributed by atoms with Gasteiger partial charge in [0.2, 0.25) is 0 Å². The molecule has 0 aromatic heterocycles. The second-order valence-electron chi connectivity index (χ2n) is 4.14. The Hall–Kier alpha value is -0.710. The Labute approximate surface area is 140 Å². The van der Waals surface area contributed by atoms with E-state index >= 15 is 0 Å². The molecule has 0 radical (unpaired) electrons. The molecule has 2 rings (SSSR count). The van der Waals surface area contributed by atoms with Gasteiger partial charge in [-0.15, -0.1) is 11.6 Å². The zero-order valence-corrected chi connectivity index (χ0v) is 14.9. The van der Waals surface area contributed by atoms with Crippen molar-refractivity contribution in [3.05, 3.63) is 56.5 Å². The number of methoxy groups -OCH3 is 2. The van der Waals surface area contributed by atoms with Crippen molar-refractivity contribution in [3.63, 3.8) is 0 Å². The topological polar surface area (TPSA) is 18.5 Å². The van der Waals surface area contributed by atoms with Crippen molar-refractivity contribution in [2.24, 2.45) is 0 Å². The molecule has 0 bridgehead atoms. The van der Waals surface area contributed by atoms with Crippen molar-refractivity contribution in [1.29, 1.82) is 0 Å². The normalized spacial score (nSPS) is 12.1. The average Bonchev–Trinajstić information content (AvgIpc) is 2.47. The molecule has 0 aliphatic heterocycles. The van der Waals surface area contributed by atoms with Crippen molar-refractivity contribution >= 4 is 43.5 Å². The first-order valence-electron chi connectivity index (χ1n) is 5.87. The lowest BCUT2D eigenvalue weighted by atomic mass is 10.0. The van der Waals surface area contributed by atoms with Gasteiger partial charge in [0.25, 0.3) is 0 Å². The van der Waals surface area contributed by atoms with Gasteiger partial charge in [-0.05, 0) is 35.4 Å². The molecule has 2 nitrogen and oxygen atoms in total. The summed E-state index contributed by atoms with van der Waals surface area (Å²) < 4.78 is 12.5. The second-order valence-corrected chi connectivity index (χ2v) is 6.35. The standard InChI is InChI=1S/C15H13Br2ClO2/c1-19-13-7-11(12(17)8-14(13)20-2)15(18)9-3-5-10(16)6-4-9/h3-8,15H,1-2H3. The van der Waals surface area contributed by atoms with E-state index in [9.17, 15) is 0 Å². The molecule has 0 saturated heterocycles. The summed E-state index contributed by atoms with van der Waals surface area (Å²) in [7, 11) is 3.22. The number of alkyl halides is 1. The zero-order chi connectivity index (χ0) is 14.7. The number of rotatable bonds is 4. The highest BCUT2D eigenvalue weighted by molar-refractivity contribution is 9.10. The molecule has 0 aliphatic rings. The summed E-state index contributed by atoms with van der Waals surface area (Å²) in [6.45, 7) is 0. The van der Waals surface area contributed by atoms with Gasteiger partial charge in [-0.2, -0.15) is 0 Å². The van der Waals surface area contributed by atoms with Crippen LogP contribution in [0.4, 0.5) is 0 Å². The molecule has 0 aliphatic carbocycles. The highest BCUT2D eigenvalue weighted by atomic mass is 79.9. The summed E-state index contributed by atoms with van der Waals surface area (Å²) in [6, 6.07) is 11.7. The van der Waals surface area contributed by atoms with E-state index in [4.69, 9.17) is 21.1 Å². The summed E-state index contributed by atoms with van der Waals surface area (Å²) >= 11 is 13.5. The third-order valence-corrected chi connectivity index (χ3v) is 4.64. The van der Waals surface area contributed by atoms with Gasteiger partial charge in [0.05, 0.1) is 19.6 Å². The highest BCUT2D eigenvalue weighted by Gasteiger charge is 2.17. The fourth-order valence-electron chi connectivity index (χ4n) is 1.88. The molecule has 0 saturated carbocycles. The molecular weight excluding hydrogens is 407 g/mol. The van der Waals surface area contributed by atoms with E-state index in [0.717, 1.165) is 20.1 Å². The molecule has 0 fully saturated rings. The minimum Gasteiger partial charge on any atom is -0.493 e. The molecule has 0 spiro atoms. The van der Waals surface area contributed by atoms with Crippen molar-refractivity contribution in [1.82, 2.24) is 0 Å².